The van der Waals surface area contributed by atoms with Gasteiger partial charge in [0.1, 0.15) is 5.82 Å². The van der Waals surface area contributed by atoms with Crippen LogP contribution in [0.4, 0.5) is 19.1 Å². The number of alkyl halides is 2. The van der Waals surface area contributed by atoms with Crippen LogP contribution < -0.4 is 5.32 Å². The Morgan fingerprint density at radius 3 is 2.38 bits per heavy atom. The lowest BCUT2D eigenvalue weighted by atomic mass is 10.1. The summed E-state index contributed by atoms with van der Waals surface area (Å²) in [6.45, 7) is 1.45. The second-order valence-corrected chi connectivity index (χ2v) is 7.03. The lowest BCUT2D eigenvalue weighted by Crippen LogP contribution is -2.11. The summed E-state index contributed by atoms with van der Waals surface area (Å²) in [5.74, 6) is -0.0237. The van der Waals surface area contributed by atoms with Crippen LogP contribution in [0.5, 0.6) is 0 Å². The normalized spacial score (nSPS) is 11.8. The van der Waals surface area contributed by atoms with Gasteiger partial charge in [0.15, 0.2) is 0 Å². The summed E-state index contributed by atoms with van der Waals surface area (Å²) in [5.41, 5.74) is 2.97. The molecule has 0 saturated heterocycles. The van der Waals surface area contributed by atoms with Gasteiger partial charge in [0.25, 0.3) is 6.43 Å². The van der Waals surface area contributed by atoms with Crippen molar-refractivity contribution in [1.29, 1.82) is 0 Å². The van der Waals surface area contributed by atoms with Crippen LogP contribution in [-0.2, 0) is 6.54 Å². The zero-order chi connectivity index (χ0) is 21.8. The van der Waals surface area contributed by atoms with Gasteiger partial charge in [-0.15, -0.1) is 0 Å². The number of hydrogen-bond donors (Lipinski definition) is 1. The fraction of sp³-hybridized carbons (Fsp3) is 0.174. The molecule has 2 aromatic heterocycles. The van der Waals surface area contributed by atoms with Gasteiger partial charge in [0, 0.05) is 11.8 Å². The quantitative estimate of drug-likeness (QED) is 0.387. The van der Waals surface area contributed by atoms with Gasteiger partial charge >= 0.3 is 0 Å². The molecule has 2 aromatic carbocycles. The highest BCUT2D eigenvalue weighted by Crippen LogP contribution is 2.31. The summed E-state index contributed by atoms with van der Waals surface area (Å²) in [7, 11) is 0. The van der Waals surface area contributed by atoms with E-state index in [-0.39, 0.29) is 25.4 Å². The van der Waals surface area contributed by atoms with Crippen molar-refractivity contribution in [3.8, 4) is 22.6 Å². The second kappa shape index (κ2) is 10.3. The van der Waals surface area contributed by atoms with Crippen LogP contribution in [0.2, 0.25) is 0 Å². The van der Waals surface area contributed by atoms with Crippen molar-refractivity contribution in [2.24, 2.45) is 0 Å². The Hall–Kier alpha value is -3.33. The highest BCUT2D eigenvalue weighted by molar-refractivity contribution is 7.59. The van der Waals surface area contributed by atoms with E-state index in [1.54, 1.807) is 24.4 Å². The molecule has 0 spiro atoms. The predicted molar refractivity (Wildman–Crippen MR) is 124 cm³/mol. The number of benzene rings is 2. The van der Waals surface area contributed by atoms with Crippen LogP contribution in [0.15, 0.2) is 73.2 Å². The van der Waals surface area contributed by atoms with Crippen molar-refractivity contribution in [1.82, 2.24) is 19.5 Å². The molecule has 0 aliphatic rings. The molecular formula is C23H22F3N5S. The summed E-state index contributed by atoms with van der Waals surface area (Å²) in [4.78, 5) is 13.1. The first-order valence-electron chi connectivity index (χ1n) is 9.75. The molecule has 1 atom stereocenters. The third kappa shape index (κ3) is 5.28. The van der Waals surface area contributed by atoms with Crippen LogP contribution in [0.3, 0.4) is 0 Å². The molecule has 0 amide bonds. The number of rotatable bonds is 7. The zero-order valence-electron chi connectivity index (χ0n) is 17.2. The second-order valence-electron chi connectivity index (χ2n) is 7.03. The largest absolute Gasteiger partial charge is 0.348 e. The minimum Gasteiger partial charge on any atom is -0.348 e. The van der Waals surface area contributed by atoms with E-state index >= 15 is 0 Å². The first kappa shape index (κ1) is 23.3. The van der Waals surface area contributed by atoms with Gasteiger partial charge in [0.2, 0.25) is 5.95 Å². The van der Waals surface area contributed by atoms with Gasteiger partial charge < -0.3 is 9.88 Å². The molecule has 166 valence electrons. The van der Waals surface area contributed by atoms with E-state index in [9.17, 15) is 13.2 Å². The standard InChI is InChI=1S/C23H20F3N5.H2S/c1-15(16-5-3-2-4-6-16)29-23-27-12-11-19(30-23)22-21(17-7-9-18(24)10-8-17)28-14-31(22)13-20(25)26;/h2-12,14-15,20H,13H2,1H3,(H,27,29,30);1H2/t15-;/m0./s1. The highest BCUT2D eigenvalue weighted by Gasteiger charge is 2.19. The molecule has 0 radical (unpaired) electrons. The predicted octanol–water partition coefficient (Wildman–Crippen LogP) is 5.70. The molecule has 5 nitrogen and oxygen atoms in total. The van der Waals surface area contributed by atoms with Gasteiger partial charge in [-0.3, -0.25) is 0 Å². The third-order valence-corrected chi connectivity index (χ3v) is 4.83. The summed E-state index contributed by atoms with van der Waals surface area (Å²) in [6, 6.07) is 17.1. The molecule has 1 N–H and O–H groups in total. The molecule has 4 rings (SSSR count). The maximum absolute atomic E-state index is 13.4. The fourth-order valence-corrected chi connectivity index (χ4v) is 3.34. The van der Waals surface area contributed by atoms with Gasteiger partial charge in [-0.2, -0.15) is 13.5 Å². The Morgan fingerprint density at radius 1 is 0.969 bits per heavy atom. The summed E-state index contributed by atoms with van der Waals surface area (Å²) in [6.07, 6.45) is 0.352. The average Bonchev–Trinajstić information content (AvgIpc) is 3.18. The number of halogens is 3. The smallest absolute Gasteiger partial charge is 0.256 e. The van der Waals surface area contributed by atoms with Crippen LogP contribution in [0, 0.1) is 5.82 Å². The summed E-state index contributed by atoms with van der Waals surface area (Å²) < 4.78 is 41.1. The number of aromatic nitrogens is 4. The van der Waals surface area contributed by atoms with E-state index in [0.29, 0.717) is 28.6 Å². The molecule has 4 aromatic rings. The Kier molecular flexibility index (Phi) is 7.53. The van der Waals surface area contributed by atoms with Crippen molar-refractivity contribution < 1.29 is 13.2 Å². The van der Waals surface area contributed by atoms with Gasteiger partial charge in [-0.1, -0.05) is 30.3 Å². The number of nitrogens with one attached hydrogen (secondary N) is 1. The Bertz CT molecular complexity index is 1150. The van der Waals surface area contributed by atoms with Crippen molar-refractivity contribution in [3.05, 3.63) is 84.6 Å². The molecule has 0 aliphatic carbocycles. The van der Waals surface area contributed by atoms with E-state index in [0.717, 1.165) is 5.56 Å². The van der Waals surface area contributed by atoms with Crippen LogP contribution in [0.1, 0.15) is 18.5 Å². The Morgan fingerprint density at radius 2 is 1.69 bits per heavy atom. The monoisotopic (exact) mass is 457 g/mol. The number of anilines is 1. The molecular weight excluding hydrogens is 435 g/mol. The minimum atomic E-state index is -2.56. The fourth-order valence-electron chi connectivity index (χ4n) is 3.34. The molecule has 0 fully saturated rings. The SMILES string of the molecule is C[C@H](Nc1nccc(-c2c(-c3ccc(F)cc3)ncn2CC(F)F)n1)c1ccccc1.S. The molecule has 0 bridgehead atoms. The van der Waals surface area contributed by atoms with Crippen LogP contribution in [0.25, 0.3) is 22.6 Å². The zero-order valence-corrected chi connectivity index (χ0v) is 18.2. The summed E-state index contributed by atoms with van der Waals surface area (Å²) >= 11 is 0. The number of imidazole rings is 1. The minimum absolute atomic E-state index is 0. The number of hydrogen-bond acceptors (Lipinski definition) is 4. The first-order chi connectivity index (χ1) is 15.0. The lowest BCUT2D eigenvalue weighted by Gasteiger charge is -2.15. The highest BCUT2D eigenvalue weighted by atomic mass is 32.1. The van der Waals surface area contributed by atoms with Crippen LogP contribution >= 0.6 is 13.5 Å². The topological polar surface area (TPSA) is 55.6 Å². The maximum atomic E-state index is 13.4. The van der Waals surface area contributed by atoms with Crippen molar-refractivity contribution in [3.63, 3.8) is 0 Å². The van der Waals surface area contributed by atoms with E-state index in [2.05, 4.69) is 20.3 Å². The molecule has 2 heterocycles. The van der Waals surface area contributed by atoms with Gasteiger partial charge in [-0.25, -0.2) is 28.1 Å². The van der Waals surface area contributed by atoms with E-state index in [1.807, 2.05) is 37.3 Å². The average molecular weight is 458 g/mol. The number of nitrogens with zero attached hydrogens (tertiary/aromatic N) is 4. The maximum Gasteiger partial charge on any atom is 0.256 e. The Balaban J connectivity index is 0.00000289. The van der Waals surface area contributed by atoms with E-state index < -0.39 is 13.0 Å². The van der Waals surface area contributed by atoms with Crippen LogP contribution in [-0.4, -0.2) is 25.9 Å². The Labute approximate surface area is 190 Å². The summed E-state index contributed by atoms with van der Waals surface area (Å²) in [5, 5.41) is 3.24. The molecule has 0 aliphatic heterocycles. The molecule has 0 saturated carbocycles. The van der Waals surface area contributed by atoms with E-state index in [4.69, 9.17) is 0 Å². The van der Waals surface area contributed by atoms with Crippen molar-refractivity contribution >= 4 is 19.4 Å². The lowest BCUT2D eigenvalue weighted by molar-refractivity contribution is 0.127. The third-order valence-electron chi connectivity index (χ3n) is 4.83. The molecule has 0 unspecified atom stereocenters. The van der Waals surface area contributed by atoms with E-state index in [1.165, 1.54) is 23.0 Å². The van der Waals surface area contributed by atoms with Crippen molar-refractivity contribution in [2.45, 2.75) is 25.9 Å². The van der Waals surface area contributed by atoms with Gasteiger partial charge in [0.05, 0.1) is 36.0 Å². The van der Waals surface area contributed by atoms with Crippen molar-refractivity contribution in [2.75, 3.05) is 5.32 Å². The molecule has 32 heavy (non-hydrogen) atoms. The van der Waals surface area contributed by atoms with Gasteiger partial charge in [-0.05, 0) is 42.8 Å². The first-order valence-corrected chi connectivity index (χ1v) is 9.75. The molecule has 9 heteroatoms.